The Balaban J connectivity index is 0.00000363. The van der Waals surface area contributed by atoms with Crippen LogP contribution in [0.15, 0.2) is 23.2 Å². The van der Waals surface area contributed by atoms with E-state index < -0.39 is 11.6 Å². The van der Waals surface area contributed by atoms with Crippen molar-refractivity contribution in [2.24, 2.45) is 10.9 Å². The van der Waals surface area contributed by atoms with Gasteiger partial charge in [0.1, 0.15) is 11.6 Å². The number of piperazine rings is 1. The lowest BCUT2D eigenvalue weighted by Crippen LogP contribution is -2.50. The summed E-state index contributed by atoms with van der Waals surface area (Å²) in [5, 5.41) is 6.37. The fourth-order valence-corrected chi connectivity index (χ4v) is 4.38. The third-order valence-electron chi connectivity index (χ3n) is 6.20. The van der Waals surface area contributed by atoms with Crippen molar-refractivity contribution in [1.29, 1.82) is 0 Å². The van der Waals surface area contributed by atoms with Crippen molar-refractivity contribution in [2.75, 3.05) is 45.8 Å². The first-order chi connectivity index (χ1) is 15.0. The average Bonchev–Trinajstić information content (AvgIpc) is 3.28. The SMILES string of the molecule is CCNC(=NCCN1CCN(C(=O)C2CCCC2)CC1)NC(C)c1ccc(F)cc1F.I. The molecule has 1 saturated heterocycles. The summed E-state index contributed by atoms with van der Waals surface area (Å²) in [5.74, 6) is 0.0438. The number of hydrogen-bond acceptors (Lipinski definition) is 3. The highest BCUT2D eigenvalue weighted by atomic mass is 127. The molecular weight excluding hydrogens is 527 g/mol. The van der Waals surface area contributed by atoms with Crippen LogP contribution >= 0.6 is 24.0 Å². The highest BCUT2D eigenvalue weighted by Crippen LogP contribution is 2.26. The Hall–Kier alpha value is -1.49. The minimum atomic E-state index is -0.584. The van der Waals surface area contributed by atoms with E-state index in [4.69, 9.17) is 0 Å². The number of rotatable bonds is 7. The second kappa shape index (κ2) is 13.3. The summed E-state index contributed by atoms with van der Waals surface area (Å²) in [6.07, 6.45) is 4.47. The van der Waals surface area contributed by atoms with Gasteiger partial charge in [-0.3, -0.25) is 14.7 Å². The zero-order chi connectivity index (χ0) is 22.2. The number of amides is 1. The van der Waals surface area contributed by atoms with E-state index in [2.05, 4.69) is 20.5 Å². The zero-order valence-corrected chi connectivity index (χ0v) is 21.4. The third-order valence-corrected chi connectivity index (χ3v) is 6.20. The first kappa shape index (κ1) is 26.8. The van der Waals surface area contributed by atoms with Gasteiger partial charge in [-0.2, -0.15) is 0 Å². The predicted molar refractivity (Wildman–Crippen MR) is 134 cm³/mol. The second-order valence-electron chi connectivity index (χ2n) is 8.44. The topological polar surface area (TPSA) is 60.0 Å². The quantitative estimate of drug-likeness (QED) is 0.303. The number of nitrogens with one attached hydrogen (secondary N) is 2. The van der Waals surface area contributed by atoms with Gasteiger partial charge in [0.25, 0.3) is 0 Å². The molecule has 1 heterocycles. The summed E-state index contributed by atoms with van der Waals surface area (Å²) < 4.78 is 27.2. The van der Waals surface area contributed by atoms with E-state index in [1.807, 2.05) is 18.7 Å². The Bertz CT molecular complexity index is 765. The van der Waals surface area contributed by atoms with Crippen molar-refractivity contribution in [3.05, 3.63) is 35.4 Å². The number of hydrogen-bond donors (Lipinski definition) is 2. The molecule has 2 N–H and O–H groups in total. The lowest BCUT2D eigenvalue weighted by atomic mass is 10.1. The average molecular weight is 563 g/mol. The number of aliphatic imine (C=N–C) groups is 1. The minimum Gasteiger partial charge on any atom is -0.357 e. The molecule has 1 aromatic rings. The molecular formula is C23H36F2IN5O. The predicted octanol–water partition coefficient (Wildman–Crippen LogP) is 3.53. The maximum Gasteiger partial charge on any atom is 0.225 e. The number of carbonyl (C=O) groups excluding carboxylic acids is 1. The number of carbonyl (C=O) groups is 1. The molecule has 1 saturated carbocycles. The van der Waals surface area contributed by atoms with Crippen LogP contribution in [0.2, 0.25) is 0 Å². The Kier molecular flexibility index (Phi) is 11.1. The smallest absolute Gasteiger partial charge is 0.225 e. The van der Waals surface area contributed by atoms with Crippen molar-refractivity contribution < 1.29 is 13.6 Å². The van der Waals surface area contributed by atoms with Crippen molar-refractivity contribution in [3.63, 3.8) is 0 Å². The molecule has 1 aliphatic heterocycles. The van der Waals surface area contributed by atoms with Gasteiger partial charge >= 0.3 is 0 Å². The van der Waals surface area contributed by atoms with E-state index >= 15 is 0 Å². The fraction of sp³-hybridized carbons (Fsp3) is 0.652. The van der Waals surface area contributed by atoms with Crippen molar-refractivity contribution in [1.82, 2.24) is 20.4 Å². The van der Waals surface area contributed by atoms with Gasteiger partial charge in [0, 0.05) is 56.8 Å². The van der Waals surface area contributed by atoms with Gasteiger partial charge in [0.05, 0.1) is 12.6 Å². The molecule has 1 unspecified atom stereocenters. The van der Waals surface area contributed by atoms with Crippen molar-refractivity contribution in [2.45, 2.75) is 45.6 Å². The minimum absolute atomic E-state index is 0. The van der Waals surface area contributed by atoms with Gasteiger partial charge in [-0.25, -0.2) is 8.78 Å². The first-order valence-corrected chi connectivity index (χ1v) is 11.5. The molecule has 0 radical (unpaired) electrons. The van der Waals surface area contributed by atoms with Crippen LogP contribution < -0.4 is 10.6 Å². The van der Waals surface area contributed by atoms with Gasteiger partial charge in [-0.1, -0.05) is 18.9 Å². The lowest BCUT2D eigenvalue weighted by molar-refractivity contribution is -0.137. The summed E-state index contributed by atoms with van der Waals surface area (Å²) in [5.41, 5.74) is 0.398. The van der Waals surface area contributed by atoms with Crippen LogP contribution in [-0.4, -0.2) is 67.5 Å². The lowest BCUT2D eigenvalue weighted by Gasteiger charge is -2.35. The summed E-state index contributed by atoms with van der Waals surface area (Å²) in [6, 6.07) is 3.27. The molecule has 2 aliphatic rings. The van der Waals surface area contributed by atoms with Crippen LogP contribution in [-0.2, 0) is 4.79 Å². The van der Waals surface area contributed by atoms with Crippen LogP contribution in [0, 0.1) is 17.6 Å². The van der Waals surface area contributed by atoms with E-state index in [0.717, 1.165) is 51.6 Å². The molecule has 32 heavy (non-hydrogen) atoms. The standard InChI is InChI=1S/C23H35F2N5O.HI/c1-3-26-23(28-17(2)20-9-8-19(24)16-21(20)25)27-10-11-29-12-14-30(15-13-29)22(31)18-6-4-5-7-18;/h8-9,16-18H,3-7,10-15H2,1-2H3,(H2,26,27,28);1H. The second-order valence-corrected chi connectivity index (χ2v) is 8.44. The molecule has 1 aromatic carbocycles. The van der Waals surface area contributed by atoms with Crippen molar-refractivity contribution in [3.8, 4) is 0 Å². The highest BCUT2D eigenvalue weighted by Gasteiger charge is 2.29. The molecule has 1 amide bonds. The Morgan fingerprint density at radius 2 is 1.88 bits per heavy atom. The number of guanidine groups is 1. The van der Waals surface area contributed by atoms with Gasteiger partial charge in [-0.05, 0) is 32.8 Å². The van der Waals surface area contributed by atoms with E-state index in [0.29, 0.717) is 30.5 Å². The van der Waals surface area contributed by atoms with Crippen LogP contribution in [0.5, 0.6) is 0 Å². The molecule has 2 fully saturated rings. The fourth-order valence-electron chi connectivity index (χ4n) is 4.38. The summed E-state index contributed by atoms with van der Waals surface area (Å²) >= 11 is 0. The third kappa shape index (κ3) is 7.54. The Labute approximate surface area is 207 Å². The van der Waals surface area contributed by atoms with Gasteiger partial charge in [0.2, 0.25) is 5.91 Å². The van der Waals surface area contributed by atoms with E-state index in [9.17, 15) is 13.6 Å². The largest absolute Gasteiger partial charge is 0.357 e. The van der Waals surface area contributed by atoms with Crippen LogP contribution in [0.1, 0.15) is 51.1 Å². The van der Waals surface area contributed by atoms with Crippen LogP contribution in [0.3, 0.4) is 0 Å². The maximum atomic E-state index is 14.0. The molecule has 1 aliphatic carbocycles. The van der Waals surface area contributed by atoms with Gasteiger partial charge in [0.15, 0.2) is 5.96 Å². The van der Waals surface area contributed by atoms with Crippen LogP contribution in [0.4, 0.5) is 8.78 Å². The summed E-state index contributed by atoms with van der Waals surface area (Å²) in [6.45, 7) is 9.21. The van der Waals surface area contributed by atoms with E-state index in [1.54, 1.807) is 0 Å². The molecule has 0 spiro atoms. The Morgan fingerprint density at radius 3 is 2.50 bits per heavy atom. The molecule has 6 nitrogen and oxygen atoms in total. The van der Waals surface area contributed by atoms with E-state index in [-0.39, 0.29) is 35.9 Å². The molecule has 1 atom stereocenters. The van der Waals surface area contributed by atoms with Crippen molar-refractivity contribution >= 4 is 35.8 Å². The zero-order valence-electron chi connectivity index (χ0n) is 19.1. The van der Waals surface area contributed by atoms with Gasteiger partial charge < -0.3 is 15.5 Å². The first-order valence-electron chi connectivity index (χ1n) is 11.5. The van der Waals surface area contributed by atoms with E-state index in [1.165, 1.54) is 25.0 Å². The van der Waals surface area contributed by atoms with Gasteiger partial charge in [-0.15, -0.1) is 24.0 Å². The summed E-state index contributed by atoms with van der Waals surface area (Å²) in [4.78, 5) is 21.5. The monoisotopic (exact) mass is 563 g/mol. The normalized spacial score (nSPS) is 18.9. The number of nitrogens with zero attached hydrogens (tertiary/aromatic N) is 3. The molecule has 9 heteroatoms. The molecule has 3 rings (SSSR count). The molecule has 0 bridgehead atoms. The highest BCUT2D eigenvalue weighted by molar-refractivity contribution is 14.0. The Morgan fingerprint density at radius 1 is 1.19 bits per heavy atom. The number of benzene rings is 1. The molecule has 180 valence electrons. The summed E-state index contributed by atoms with van der Waals surface area (Å²) in [7, 11) is 0. The maximum absolute atomic E-state index is 14.0. The molecule has 0 aromatic heterocycles. The van der Waals surface area contributed by atoms with Crippen LogP contribution in [0.25, 0.3) is 0 Å². The number of halogens is 3.